The van der Waals surface area contributed by atoms with E-state index in [1.807, 2.05) is 56.3 Å². The fourth-order valence-corrected chi connectivity index (χ4v) is 2.58. The lowest BCUT2D eigenvalue weighted by Crippen LogP contribution is -2.10. The molecule has 0 fully saturated rings. The van der Waals surface area contributed by atoms with Gasteiger partial charge in [-0.15, -0.1) is 0 Å². The maximum Gasteiger partial charge on any atom is 0.358 e. The highest BCUT2D eigenvalue weighted by Gasteiger charge is 2.19. The van der Waals surface area contributed by atoms with Crippen molar-refractivity contribution >= 4 is 11.8 Å². The predicted octanol–water partition coefficient (Wildman–Crippen LogP) is 3.10. The van der Waals surface area contributed by atoms with Gasteiger partial charge in [-0.2, -0.15) is 0 Å². The molecule has 6 nitrogen and oxygen atoms in total. The zero-order chi connectivity index (χ0) is 17.3. The molecule has 3 N–H and O–H groups in total. The van der Waals surface area contributed by atoms with E-state index in [9.17, 15) is 9.90 Å². The molecule has 0 saturated heterocycles. The summed E-state index contributed by atoms with van der Waals surface area (Å²) in [4.78, 5) is 24.3. The maximum atomic E-state index is 11.4. The minimum absolute atomic E-state index is 0.104. The zero-order valence-corrected chi connectivity index (χ0v) is 13.3. The summed E-state index contributed by atoms with van der Waals surface area (Å²) in [5.41, 5.74) is 9.78. The van der Waals surface area contributed by atoms with Gasteiger partial charge in [0.2, 0.25) is 0 Å². The lowest BCUT2D eigenvalue weighted by molar-refractivity contribution is 0.0691. The van der Waals surface area contributed by atoms with Gasteiger partial charge in [-0.1, -0.05) is 30.3 Å². The third-order valence-corrected chi connectivity index (χ3v) is 3.53. The number of carboxylic acid groups (broad SMARTS) is 1. The second kappa shape index (κ2) is 6.08. The summed E-state index contributed by atoms with van der Waals surface area (Å²) in [5.74, 6) is -1.31. The van der Waals surface area contributed by atoms with E-state index in [0.717, 1.165) is 22.5 Å². The highest BCUT2D eigenvalue weighted by Crippen LogP contribution is 2.31. The first kappa shape index (κ1) is 15.6. The highest BCUT2D eigenvalue weighted by atomic mass is 16.4. The minimum Gasteiger partial charge on any atom is -0.476 e. The third-order valence-electron chi connectivity index (χ3n) is 3.53. The Morgan fingerprint density at radius 3 is 2.08 bits per heavy atom. The van der Waals surface area contributed by atoms with E-state index in [4.69, 9.17) is 5.73 Å². The molecule has 0 spiro atoms. The molecule has 120 valence electrons. The summed E-state index contributed by atoms with van der Waals surface area (Å²) >= 11 is 0. The van der Waals surface area contributed by atoms with Gasteiger partial charge in [-0.25, -0.2) is 14.8 Å². The Morgan fingerprint density at radius 2 is 1.50 bits per heavy atom. The molecule has 3 aromatic rings. The summed E-state index contributed by atoms with van der Waals surface area (Å²) in [6.45, 7) is 3.75. The molecular formula is C18H16N4O2. The van der Waals surface area contributed by atoms with Crippen LogP contribution in [0.1, 0.15) is 21.9 Å². The molecule has 0 aliphatic heterocycles. The lowest BCUT2D eigenvalue weighted by Gasteiger charge is -2.12. The first-order valence-corrected chi connectivity index (χ1v) is 7.37. The number of nitrogen functional groups attached to an aromatic ring is 1. The molecular weight excluding hydrogens is 304 g/mol. The van der Waals surface area contributed by atoms with Crippen LogP contribution < -0.4 is 5.73 Å². The summed E-state index contributed by atoms with van der Waals surface area (Å²) in [6.07, 6.45) is 0. The SMILES string of the molecule is Cc1cc(-c2nc(C(=O)O)c(N)nc2-c2ccccc2)cc(C)n1. The van der Waals surface area contributed by atoms with Crippen molar-refractivity contribution in [2.45, 2.75) is 13.8 Å². The minimum atomic E-state index is -1.21. The Morgan fingerprint density at radius 1 is 0.917 bits per heavy atom. The lowest BCUT2D eigenvalue weighted by atomic mass is 10.0. The largest absolute Gasteiger partial charge is 0.476 e. The molecule has 2 heterocycles. The normalized spacial score (nSPS) is 10.6. The number of nitrogens with zero attached hydrogens (tertiary/aromatic N) is 3. The van der Waals surface area contributed by atoms with Crippen LogP contribution in [0, 0.1) is 13.8 Å². The Kier molecular flexibility index (Phi) is 3.95. The molecule has 0 aliphatic carbocycles. The van der Waals surface area contributed by atoms with E-state index >= 15 is 0 Å². The van der Waals surface area contributed by atoms with E-state index in [0.29, 0.717) is 11.4 Å². The van der Waals surface area contributed by atoms with Gasteiger partial charge in [-0.05, 0) is 26.0 Å². The van der Waals surface area contributed by atoms with Crippen LogP contribution in [-0.4, -0.2) is 26.0 Å². The topological polar surface area (TPSA) is 102 Å². The van der Waals surface area contributed by atoms with Crippen LogP contribution >= 0.6 is 0 Å². The fourth-order valence-electron chi connectivity index (χ4n) is 2.58. The van der Waals surface area contributed by atoms with Gasteiger partial charge in [0.25, 0.3) is 0 Å². The molecule has 0 aliphatic rings. The van der Waals surface area contributed by atoms with Crippen LogP contribution in [0.15, 0.2) is 42.5 Å². The molecule has 0 saturated carbocycles. The molecule has 2 aromatic heterocycles. The van der Waals surface area contributed by atoms with Gasteiger partial charge in [0, 0.05) is 22.5 Å². The number of pyridine rings is 1. The Hall–Kier alpha value is -3.28. The van der Waals surface area contributed by atoms with Crippen molar-refractivity contribution in [1.82, 2.24) is 15.0 Å². The van der Waals surface area contributed by atoms with Gasteiger partial charge in [0.15, 0.2) is 11.5 Å². The maximum absolute atomic E-state index is 11.4. The molecule has 6 heteroatoms. The Balaban J connectivity index is 2.32. The van der Waals surface area contributed by atoms with Crippen molar-refractivity contribution in [1.29, 1.82) is 0 Å². The van der Waals surface area contributed by atoms with E-state index in [1.165, 1.54) is 0 Å². The van der Waals surface area contributed by atoms with Crippen molar-refractivity contribution < 1.29 is 9.90 Å². The Bertz CT molecular complexity index is 904. The number of rotatable bonds is 3. The number of nitrogens with two attached hydrogens (primary N) is 1. The van der Waals surface area contributed by atoms with Crippen LogP contribution in [-0.2, 0) is 0 Å². The second-order valence-electron chi connectivity index (χ2n) is 5.46. The third kappa shape index (κ3) is 2.94. The van der Waals surface area contributed by atoms with Crippen molar-refractivity contribution in [2.75, 3.05) is 5.73 Å². The van der Waals surface area contributed by atoms with E-state index in [1.54, 1.807) is 0 Å². The highest BCUT2D eigenvalue weighted by molar-refractivity contribution is 5.93. The molecule has 1 aromatic carbocycles. The van der Waals surface area contributed by atoms with Crippen molar-refractivity contribution in [2.24, 2.45) is 0 Å². The predicted molar refractivity (Wildman–Crippen MR) is 91.5 cm³/mol. The standard InChI is InChI=1S/C18H16N4O2/c1-10-8-13(9-11(2)20-10)15-14(12-6-4-3-5-7-12)22-17(19)16(21-15)18(23)24/h3-9H,1-2H3,(H2,19,22)(H,23,24). The fraction of sp³-hybridized carbons (Fsp3) is 0.111. The van der Waals surface area contributed by atoms with E-state index in [-0.39, 0.29) is 11.5 Å². The summed E-state index contributed by atoms with van der Waals surface area (Å²) < 4.78 is 0. The van der Waals surface area contributed by atoms with Crippen molar-refractivity contribution in [3.8, 4) is 22.5 Å². The van der Waals surface area contributed by atoms with Gasteiger partial charge < -0.3 is 10.8 Å². The molecule has 0 radical (unpaired) electrons. The van der Waals surface area contributed by atoms with Gasteiger partial charge in [0.05, 0.1) is 11.4 Å². The van der Waals surface area contributed by atoms with Crippen molar-refractivity contribution in [3.05, 3.63) is 59.5 Å². The zero-order valence-electron chi connectivity index (χ0n) is 13.3. The van der Waals surface area contributed by atoms with E-state index in [2.05, 4.69) is 15.0 Å². The summed E-state index contributed by atoms with van der Waals surface area (Å²) in [5, 5.41) is 9.31. The number of benzene rings is 1. The molecule has 24 heavy (non-hydrogen) atoms. The van der Waals surface area contributed by atoms with Crippen LogP contribution in [0.4, 0.5) is 5.82 Å². The number of hydrogen-bond acceptors (Lipinski definition) is 5. The Labute approximate surface area is 139 Å². The molecule has 0 atom stereocenters. The molecule has 0 unspecified atom stereocenters. The van der Waals surface area contributed by atoms with Crippen LogP contribution in [0.3, 0.4) is 0 Å². The van der Waals surface area contributed by atoms with Crippen LogP contribution in [0.2, 0.25) is 0 Å². The quantitative estimate of drug-likeness (QED) is 0.769. The van der Waals surface area contributed by atoms with Crippen LogP contribution in [0.5, 0.6) is 0 Å². The van der Waals surface area contributed by atoms with Gasteiger partial charge >= 0.3 is 5.97 Å². The number of aromatic nitrogens is 3. The summed E-state index contributed by atoms with van der Waals surface area (Å²) in [6, 6.07) is 13.1. The monoisotopic (exact) mass is 320 g/mol. The smallest absolute Gasteiger partial charge is 0.358 e. The average Bonchev–Trinajstić information content (AvgIpc) is 2.54. The number of anilines is 1. The van der Waals surface area contributed by atoms with Crippen LogP contribution in [0.25, 0.3) is 22.5 Å². The number of hydrogen-bond donors (Lipinski definition) is 2. The average molecular weight is 320 g/mol. The summed E-state index contributed by atoms with van der Waals surface area (Å²) in [7, 11) is 0. The van der Waals surface area contributed by atoms with Gasteiger partial charge in [-0.3, -0.25) is 4.98 Å². The molecule has 0 amide bonds. The molecule has 3 rings (SSSR count). The van der Waals surface area contributed by atoms with Gasteiger partial charge in [0.1, 0.15) is 0 Å². The number of aryl methyl sites for hydroxylation is 2. The number of carboxylic acids is 1. The first-order chi connectivity index (χ1) is 11.5. The number of carbonyl (C=O) groups is 1. The first-order valence-electron chi connectivity index (χ1n) is 7.37. The van der Waals surface area contributed by atoms with E-state index < -0.39 is 5.97 Å². The second-order valence-corrected chi connectivity index (χ2v) is 5.46. The molecule has 0 bridgehead atoms. The van der Waals surface area contributed by atoms with Crippen molar-refractivity contribution in [3.63, 3.8) is 0 Å². The number of aromatic carboxylic acids is 1.